The molecule has 0 spiro atoms. The SMILES string of the molecule is CCN1CN=CN(c2ccc(C)cc2)C1. The molecule has 0 saturated carbocycles. The van der Waals surface area contributed by atoms with E-state index in [0.717, 1.165) is 19.9 Å². The fraction of sp³-hybridized carbons (Fsp3) is 0.417. The molecular formula is C12H17N3. The van der Waals surface area contributed by atoms with Crippen LogP contribution < -0.4 is 4.90 Å². The van der Waals surface area contributed by atoms with Crippen LogP contribution in [0.2, 0.25) is 0 Å². The van der Waals surface area contributed by atoms with Crippen molar-refractivity contribution < 1.29 is 0 Å². The van der Waals surface area contributed by atoms with Gasteiger partial charge in [0, 0.05) is 5.69 Å². The second kappa shape index (κ2) is 4.45. The van der Waals surface area contributed by atoms with Gasteiger partial charge >= 0.3 is 0 Å². The molecule has 0 amide bonds. The number of hydrogen-bond donors (Lipinski definition) is 0. The monoisotopic (exact) mass is 203 g/mol. The van der Waals surface area contributed by atoms with Gasteiger partial charge in [0.1, 0.15) is 0 Å². The Hall–Kier alpha value is -1.35. The lowest BCUT2D eigenvalue weighted by Crippen LogP contribution is -2.41. The van der Waals surface area contributed by atoms with Gasteiger partial charge in [-0.05, 0) is 25.6 Å². The second-order valence-corrected chi connectivity index (χ2v) is 3.87. The maximum absolute atomic E-state index is 4.34. The lowest BCUT2D eigenvalue weighted by molar-refractivity contribution is 0.298. The lowest BCUT2D eigenvalue weighted by Gasteiger charge is -2.30. The molecule has 1 aliphatic rings. The molecule has 1 aliphatic heterocycles. The summed E-state index contributed by atoms with van der Waals surface area (Å²) in [6.07, 6.45) is 1.93. The molecule has 0 bridgehead atoms. The molecule has 1 aromatic rings. The predicted molar refractivity (Wildman–Crippen MR) is 64.3 cm³/mol. The molecule has 80 valence electrons. The fourth-order valence-corrected chi connectivity index (χ4v) is 1.63. The highest BCUT2D eigenvalue weighted by molar-refractivity contribution is 5.79. The van der Waals surface area contributed by atoms with Crippen LogP contribution in [0.4, 0.5) is 5.69 Å². The van der Waals surface area contributed by atoms with Crippen LogP contribution in [0, 0.1) is 6.92 Å². The minimum atomic E-state index is 0.818. The standard InChI is InChI=1S/C12H17N3/c1-3-14-8-13-9-15(10-14)12-6-4-11(2)5-7-12/h4-7,9H,3,8,10H2,1-2H3. The first kappa shape index (κ1) is 10.2. The van der Waals surface area contributed by atoms with E-state index in [1.807, 2.05) is 6.34 Å². The van der Waals surface area contributed by atoms with E-state index in [1.165, 1.54) is 11.3 Å². The molecular weight excluding hydrogens is 186 g/mol. The minimum absolute atomic E-state index is 0.818. The van der Waals surface area contributed by atoms with Crippen LogP contribution in [0.1, 0.15) is 12.5 Å². The van der Waals surface area contributed by atoms with Gasteiger partial charge in [0.05, 0.1) is 19.7 Å². The largest absolute Gasteiger partial charge is 0.319 e. The van der Waals surface area contributed by atoms with Crippen LogP contribution in [0.15, 0.2) is 29.3 Å². The van der Waals surface area contributed by atoms with Gasteiger partial charge in [-0.25, -0.2) is 0 Å². The fourth-order valence-electron chi connectivity index (χ4n) is 1.63. The smallest absolute Gasteiger partial charge is 0.0940 e. The number of nitrogens with zero attached hydrogens (tertiary/aromatic N) is 3. The van der Waals surface area contributed by atoms with Gasteiger partial charge in [0.2, 0.25) is 0 Å². The highest BCUT2D eigenvalue weighted by Gasteiger charge is 2.12. The van der Waals surface area contributed by atoms with E-state index in [9.17, 15) is 0 Å². The van der Waals surface area contributed by atoms with E-state index < -0.39 is 0 Å². The number of benzene rings is 1. The molecule has 3 heteroatoms. The van der Waals surface area contributed by atoms with Crippen molar-refractivity contribution >= 4 is 12.0 Å². The Labute approximate surface area is 91.0 Å². The first-order chi connectivity index (χ1) is 7.29. The molecule has 2 rings (SSSR count). The maximum atomic E-state index is 4.34. The van der Waals surface area contributed by atoms with Gasteiger partial charge in [-0.15, -0.1) is 0 Å². The van der Waals surface area contributed by atoms with Gasteiger partial charge in [0.25, 0.3) is 0 Å². The number of anilines is 1. The average Bonchev–Trinajstić information content (AvgIpc) is 2.30. The van der Waals surface area contributed by atoms with Crippen molar-refractivity contribution in [2.24, 2.45) is 4.99 Å². The third kappa shape index (κ3) is 2.36. The summed E-state index contributed by atoms with van der Waals surface area (Å²) in [5.41, 5.74) is 2.50. The molecule has 0 unspecified atom stereocenters. The lowest BCUT2D eigenvalue weighted by atomic mass is 10.2. The molecule has 0 N–H and O–H groups in total. The molecule has 0 aromatic heterocycles. The molecule has 0 atom stereocenters. The van der Waals surface area contributed by atoms with Crippen LogP contribution in [-0.2, 0) is 0 Å². The van der Waals surface area contributed by atoms with E-state index in [2.05, 4.69) is 52.9 Å². The molecule has 0 radical (unpaired) electrons. The van der Waals surface area contributed by atoms with Gasteiger partial charge in [-0.1, -0.05) is 24.6 Å². The van der Waals surface area contributed by atoms with Crippen molar-refractivity contribution in [3.63, 3.8) is 0 Å². The Morgan fingerprint density at radius 1 is 1.27 bits per heavy atom. The Morgan fingerprint density at radius 3 is 2.67 bits per heavy atom. The van der Waals surface area contributed by atoms with Crippen molar-refractivity contribution in [2.75, 3.05) is 24.8 Å². The van der Waals surface area contributed by atoms with Gasteiger partial charge in [-0.2, -0.15) is 0 Å². The first-order valence-corrected chi connectivity index (χ1v) is 5.35. The molecule has 15 heavy (non-hydrogen) atoms. The third-order valence-electron chi connectivity index (χ3n) is 2.67. The van der Waals surface area contributed by atoms with E-state index in [4.69, 9.17) is 0 Å². The predicted octanol–water partition coefficient (Wildman–Crippen LogP) is 2.08. The van der Waals surface area contributed by atoms with E-state index in [1.54, 1.807) is 0 Å². The molecule has 3 nitrogen and oxygen atoms in total. The third-order valence-corrected chi connectivity index (χ3v) is 2.67. The van der Waals surface area contributed by atoms with Crippen molar-refractivity contribution in [1.29, 1.82) is 0 Å². The average molecular weight is 203 g/mol. The zero-order valence-electron chi connectivity index (χ0n) is 9.35. The number of aryl methyl sites for hydroxylation is 1. The first-order valence-electron chi connectivity index (χ1n) is 5.35. The van der Waals surface area contributed by atoms with Gasteiger partial charge < -0.3 is 4.90 Å². The summed E-state index contributed by atoms with van der Waals surface area (Å²) in [7, 11) is 0. The quantitative estimate of drug-likeness (QED) is 0.733. The summed E-state index contributed by atoms with van der Waals surface area (Å²) in [6.45, 7) is 7.06. The summed E-state index contributed by atoms with van der Waals surface area (Å²) < 4.78 is 0. The number of hydrogen-bond acceptors (Lipinski definition) is 3. The Morgan fingerprint density at radius 2 is 2.00 bits per heavy atom. The topological polar surface area (TPSA) is 18.8 Å². The molecule has 0 aliphatic carbocycles. The van der Waals surface area contributed by atoms with E-state index in [-0.39, 0.29) is 0 Å². The van der Waals surface area contributed by atoms with Crippen LogP contribution >= 0.6 is 0 Å². The van der Waals surface area contributed by atoms with E-state index in [0.29, 0.717) is 0 Å². The summed E-state index contributed by atoms with van der Waals surface area (Å²) in [4.78, 5) is 8.80. The Kier molecular flexibility index (Phi) is 3.02. The summed E-state index contributed by atoms with van der Waals surface area (Å²) in [6, 6.07) is 8.54. The highest BCUT2D eigenvalue weighted by Crippen LogP contribution is 2.15. The molecule has 1 aromatic carbocycles. The summed E-state index contributed by atoms with van der Waals surface area (Å²) in [5.74, 6) is 0. The van der Waals surface area contributed by atoms with Crippen molar-refractivity contribution in [1.82, 2.24) is 4.90 Å². The van der Waals surface area contributed by atoms with E-state index >= 15 is 0 Å². The van der Waals surface area contributed by atoms with Crippen LogP contribution in [0.5, 0.6) is 0 Å². The van der Waals surface area contributed by atoms with Gasteiger partial charge in [-0.3, -0.25) is 9.89 Å². The van der Waals surface area contributed by atoms with Gasteiger partial charge in [0.15, 0.2) is 0 Å². The number of rotatable bonds is 2. The number of aliphatic imine (C=N–C) groups is 1. The van der Waals surface area contributed by atoms with Crippen LogP contribution in [0.3, 0.4) is 0 Å². The minimum Gasteiger partial charge on any atom is -0.319 e. The van der Waals surface area contributed by atoms with Crippen molar-refractivity contribution in [2.45, 2.75) is 13.8 Å². The Balaban J connectivity index is 2.13. The molecule has 1 heterocycles. The molecule has 0 saturated heterocycles. The van der Waals surface area contributed by atoms with Crippen LogP contribution in [0.25, 0.3) is 0 Å². The summed E-state index contributed by atoms with van der Waals surface area (Å²) >= 11 is 0. The maximum Gasteiger partial charge on any atom is 0.0940 e. The zero-order valence-corrected chi connectivity index (χ0v) is 9.35. The van der Waals surface area contributed by atoms with Crippen molar-refractivity contribution in [3.8, 4) is 0 Å². The van der Waals surface area contributed by atoms with Crippen molar-refractivity contribution in [3.05, 3.63) is 29.8 Å². The summed E-state index contributed by atoms with van der Waals surface area (Å²) in [5, 5.41) is 0. The second-order valence-electron chi connectivity index (χ2n) is 3.87. The highest BCUT2D eigenvalue weighted by atomic mass is 15.4. The Bertz CT molecular complexity index is 342. The molecule has 0 fully saturated rings. The van der Waals surface area contributed by atoms with Crippen LogP contribution in [-0.4, -0.2) is 31.1 Å². The normalized spacial score (nSPS) is 17.1. The zero-order chi connectivity index (χ0) is 10.7.